The number of hydrogen-bond acceptors (Lipinski definition) is 3. The standard InChI is InChI=1S/C10H15N3OS/c1-10(2,3)7-5-6(8(11)15)9(14)13(4)12-7/h5H,1-4H3,(H2,11,15). The molecular weight excluding hydrogens is 210 g/mol. The summed E-state index contributed by atoms with van der Waals surface area (Å²) < 4.78 is 1.27. The first kappa shape index (κ1) is 11.8. The first-order chi connectivity index (χ1) is 6.73. The zero-order valence-corrected chi connectivity index (χ0v) is 10.2. The van der Waals surface area contributed by atoms with Gasteiger partial charge in [0.2, 0.25) is 0 Å². The van der Waals surface area contributed by atoms with E-state index in [2.05, 4.69) is 5.10 Å². The molecule has 0 saturated carbocycles. The minimum Gasteiger partial charge on any atom is -0.389 e. The van der Waals surface area contributed by atoms with Crippen LogP contribution in [0.4, 0.5) is 0 Å². The molecule has 4 nitrogen and oxygen atoms in total. The smallest absolute Gasteiger partial charge is 0.276 e. The zero-order valence-electron chi connectivity index (χ0n) is 9.37. The average molecular weight is 225 g/mol. The fourth-order valence-corrected chi connectivity index (χ4v) is 1.30. The molecule has 1 heterocycles. The Balaban J connectivity index is 3.50. The molecule has 0 saturated heterocycles. The third-order valence-corrected chi connectivity index (χ3v) is 2.32. The predicted octanol–water partition coefficient (Wildman–Crippen LogP) is 0.712. The number of thiocarbonyl (C=S) groups is 1. The molecule has 0 spiro atoms. The lowest BCUT2D eigenvalue weighted by Gasteiger charge is -2.18. The monoisotopic (exact) mass is 225 g/mol. The lowest BCUT2D eigenvalue weighted by Crippen LogP contribution is -2.32. The Morgan fingerprint density at radius 2 is 2.07 bits per heavy atom. The lowest BCUT2D eigenvalue weighted by molar-refractivity contribution is 0.530. The van der Waals surface area contributed by atoms with Crippen LogP contribution in [0.5, 0.6) is 0 Å². The molecule has 1 rings (SSSR count). The quantitative estimate of drug-likeness (QED) is 0.715. The highest BCUT2D eigenvalue weighted by atomic mass is 32.1. The molecule has 0 aliphatic carbocycles. The summed E-state index contributed by atoms with van der Waals surface area (Å²) in [5.74, 6) is 0. The fourth-order valence-electron chi connectivity index (χ4n) is 1.15. The summed E-state index contributed by atoms with van der Waals surface area (Å²) >= 11 is 4.83. The van der Waals surface area contributed by atoms with E-state index in [-0.39, 0.29) is 16.0 Å². The summed E-state index contributed by atoms with van der Waals surface area (Å²) in [6.45, 7) is 6.05. The number of aryl methyl sites for hydroxylation is 1. The predicted molar refractivity (Wildman–Crippen MR) is 64.1 cm³/mol. The van der Waals surface area contributed by atoms with Crippen molar-refractivity contribution in [3.63, 3.8) is 0 Å². The molecule has 0 atom stereocenters. The van der Waals surface area contributed by atoms with Crippen LogP contribution in [-0.2, 0) is 12.5 Å². The van der Waals surface area contributed by atoms with Gasteiger partial charge in [0.15, 0.2) is 0 Å². The van der Waals surface area contributed by atoms with Crippen LogP contribution in [-0.4, -0.2) is 14.8 Å². The van der Waals surface area contributed by atoms with Gasteiger partial charge in [0, 0.05) is 12.5 Å². The van der Waals surface area contributed by atoms with Crippen molar-refractivity contribution in [3.05, 3.63) is 27.7 Å². The SMILES string of the molecule is Cn1nc(C(C)(C)C)cc(C(N)=S)c1=O. The summed E-state index contributed by atoms with van der Waals surface area (Å²) in [5, 5.41) is 4.18. The van der Waals surface area contributed by atoms with Crippen molar-refractivity contribution in [3.8, 4) is 0 Å². The first-order valence-corrected chi connectivity index (χ1v) is 5.03. The van der Waals surface area contributed by atoms with Crippen LogP contribution in [0.3, 0.4) is 0 Å². The summed E-state index contributed by atoms with van der Waals surface area (Å²) in [7, 11) is 1.60. The molecule has 0 amide bonds. The van der Waals surface area contributed by atoms with Crippen LogP contribution < -0.4 is 11.3 Å². The topological polar surface area (TPSA) is 60.9 Å². The van der Waals surface area contributed by atoms with Gasteiger partial charge < -0.3 is 5.73 Å². The summed E-state index contributed by atoms with van der Waals surface area (Å²) in [6, 6.07) is 1.67. The van der Waals surface area contributed by atoms with Crippen molar-refractivity contribution in [1.29, 1.82) is 0 Å². The van der Waals surface area contributed by atoms with Crippen molar-refractivity contribution in [2.24, 2.45) is 12.8 Å². The van der Waals surface area contributed by atoms with E-state index in [1.807, 2.05) is 20.8 Å². The van der Waals surface area contributed by atoms with E-state index in [0.29, 0.717) is 5.56 Å². The van der Waals surface area contributed by atoms with Gasteiger partial charge in [-0.05, 0) is 6.07 Å². The van der Waals surface area contributed by atoms with Crippen molar-refractivity contribution >= 4 is 17.2 Å². The maximum Gasteiger partial charge on any atom is 0.276 e. The van der Waals surface area contributed by atoms with Gasteiger partial charge in [0.1, 0.15) is 4.99 Å². The van der Waals surface area contributed by atoms with Crippen LogP contribution in [0.1, 0.15) is 32.0 Å². The Morgan fingerprint density at radius 1 is 1.53 bits per heavy atom. The zero-order chi connectivity index (χ0) is 11.8. The van der Waals surface area contributed by atoms with E-state index in [1.54, 1.807) is 13.1 Å². The van der Waals surface area contributed by atoms with Gasteiger partial charge in [0.25, 0.3) is 5.56 Å². The molecule has 5 heteroatoms. The normalized spacial score (nSPS) is 11.5. The van der Waals surface area contributed by atoms with Crippen molar-refractivity contribution in [2.45, 2.75) is 26.2 Å². The Morgan fingerprint density at radius 3 is 2.47 bits per heavy atom. The van der Waals surface area contributed by atoms with E-state index in [4.69, 9.17) is 18.0 Å². The molecule has 0 aliphatic heterocycles. The summed E-state index contributed by atoms with van der Waals surface area (Å²) in [5.41, 5.74) is 6.25. The van der Waals surface area contributed by atoms with Gasteiger partial charge in [-0.1, -0.05) is 33.0 Å². The molecule has 0 aliphatic rings. The Bertz CT molecular complexity index is 457. The molecule has 0 bridgehead atoms. The highest BCUT2D eigenvalue weighted by molar-refractivity contribution is 7.80. The minimum absolute atomic E-state index is 0.114. The highest BCUT2D eigenvalue weighted by Crippen LogP contribution is 2.19. The van der Waals surface area contributed by atoms with Crippen molar-refractivity contribution in [1.82, 2.24) is 9.78 Å². The van der Waals surface area contributed by atoms with E-state index < -0.39 is 0 Å². The second kappa shape index (κ2) is 3.73. The Labute approximate surface area is 94.1 Å². The van der Waals surface area contributed by atoms with Crippen LogP contribution >= 0.6 is 12.2 Å². The van der Waals surface area contributed by atoms with Crippen molar-refractivity contribution in [2.75, 3.05) is 0 Å². The maximum atomic E-state index is 11.6. The number of rotatable bonds is 1. The van der Waals surface area contributed by atoms with Crippen molar-refractivity contribution < 1.29 is 0 Å². The highest BCUT2D eigenvalue weighted by Gasteiger charge is 2.19. The Kier molecular flexibility index (Phi) is 2.95. The summed E-state index contributed by atoms with van der Waals surface area (Å²) in [6.07, 6.45) is 0. The van der Waals surface area contributed by atoms with Gasteiger partial charge in [-0.3, -0.25) is 4.79 Å². The van der Waals surface area contributed by atoms with E-state index in [0.717, 1.165) is 5.69 Å². The van der Waals surface area contributed by atoms with Crippen LogP contribution in [0.2, 0.25) is 0 Å². The number of aromatic nitrogens is 2. The summed E-state index contributed by atoms with van der Waals surface area (Å²) in [4.78, 5) is 11.7. The molecule has 0 unspecified atom stereocenters. The third-order valence-electron chi connectivity index (χ3n) is 2.10. The van der Waals surface area contributed by atoms with Gasteiger partial charge in [-0.15, -0.1) is 0 Å². The van der Waals surface area contributed by atoms with Gasteiger partial charge in [0.05, 0.1) is 11.3 Å². The molecular formula is C10H15N3OS. The van der Waals surface area contributed by atoms with Gasteiger partial charge in [-0.2, -0.15) is 5.10 Å². The molecule has 0 radical (unpaired) electrons. The second-order valence-electron chi connectivity index (χ2n) is 4.49. The molecule has 1 aromatic heterocycles. The molecule has 82 valence electrons. The number of hydrogen-bond donors (Lipinski definition) is 1. The largest absolute Gasteiger partial charge is 0.389 e. The van der Waals surface area contributed by atoms with Crippen LogP contribution in [0, 0.1) is 0 Å². The maximum absolute atomic E-state index is 11.6. The Hall–Kier alpha value is -1.23. The van der Waals surface area contributed by atoms with Crippen LogP contribution in [0.25, 0.3) is 0 Å². The molecule has 15 heavy (non-hydrogen) atoms. The number of nitrogens with zero attached hydrogens (tertiary/aromatic N) is 2. The van der Waals surface area contributed by atoms with Crippen LogP contribution in [0.15, 0.2) is 10.9 Å². The van der Waals surface area contributed by atoms with E-state index >= 15 is 0 Å². The minimum atomic E-state index is -0.254. The lowest BCUT2D eigenvalue weighted by atomic mass is 9.91. The molecule has 1 aromatic rings. The van der Waals surface area contributed by atoms with E-state index in [9.17, 15) is 4.79 Å². The van der Waals surface area contributed by atoms with Gasteiger partial charge >= 0.3 is 0 Å². The molecule has 0 aromatic carbocycles. The third kappa shape index (κ3) is 2.41. The molecule has 0 fully saturated rings. The van der Waals surface area contributed by atoms with E-state index in [1.165, 1.54) is 4.68 Å². The van der Waals surface area contributed by atoms with Gasteiger partial charge in [-0.25, -0.2) is 4.68 Å². The first-order valence-electron chi connectivity index (χ1n) is 4.62. The average Bonchev–Trinajstić information content (AvgIpc) is 2.06. The molecule has 2 N–H and O–H groups in total. The number of nitrogens with two attached hydrogens (primary N) is 1. The fraction of sp³-hybridized carbons (Fsp3) is 0.500. The second-order valence-corrected chi connectivity index (χ2v) is 4.93.